The second kappa shape index (κ2) is 6.09. The molecular formula is C17H23N3O2S. The smallest absolute Gasteiger partial charge is 0.261 e. The molecule has 0 amide bonds. The van der Waals surface area contributed by atoms with Gasteiger partial charge in [-0.1, -0.05) is 4.40 Å². The molecule has 0 saturated heterocycles. The highest BCUT2D eigenvalue weighted by Crippen LogP contribution is 2.22. The second-order valence-corrected chi connectivity index (χ2v) is 8.68. The Balaban J connectivity index is 2.75. The Morgan fingerprint density at radius 2 is 1.91 bits per heavy atom. The summed E-state index contributed by atoms with van der Waals surface area (Å²) in [7, 11) is 1.71. The summed E-state index contributed by atoms with van der Waals surface area (Å²) < 4.78 is 17.7. The van der Waals surface area contributed by atoms with Crippen LogP contribution in [0.25, 0.3) is 10.9 Å². The number of rotatable bonds is 2. The van der Waals surface area contributed by atoms with Crippen LogP contribution < -0.4 is 5.56 Å². The van der Waals surface area contributed by atoms with Gasteiger partial charge in [-0.3, -0.25) is 9.36 Å². The van der Waals surface area contributed by atoms with E-state index < -0.39 is 16.1 Å². The topological polar surface area (TPSA) is 70.3 Å². The molecule has 0 saturated carbocycles. The minimum absolute atomic E-state index is 0.0813. The lowest BCUT2D eigenvalue weighted by atomic mass is 10.0. The van der Waals surface area contributed by atoms with Crippen molar-refractivity contribution in [2.24, 2.45) is 11.4 Å². The molecule has 1 aromatic carbocycles. The van der Waals surface area contributed by atoms with Crippen LogP contribution in [-0.4, -0.2) is 24.6 Å². The Morgan fingerprint density at radius 1 is 1.30 bits per heavy atom. The van der Waals surface area contributed by atoms with Gasteiger partial charge in [0.15, 0.2) is 0 Å². The molecule has 23 heavy (non-hydrogen) atoms. The van der Waals surface area contributed by atoms with Crippen LogP contribution in [0.5, 0.6) is 0 Å². The van der Waals surface area contributed by atoms with Crippen molar-refractivity contribution in [3.63, 3.8) is 0 Å². The zero-order valence-corrected chi connectivity index (χ0v) is 15.5. The summed E-state index contributed by atoms with van der Waals surface area (Å²) in [6.45, 7) is 11.2. The maximum absolute atomic E-state index is 12.5. The molecule has 0 aliphatic carbocycles. The van der Waals surface area contributed by atoms with Crippen molar-refractivity contribution >= 4 is 28.0 Å². The van der Waals surface area contributed by atoms with Gasteiger partial charge in [0.25, 0.3) is 5.56 Å². The molecule has 0 N–H and O–H groups in total. The van der Waals surface area contributed by atoms with E-state index in [-0.39, 0.29) is 5.56 Å². The van der Waals surface area contributed by atoms with Gasteiger partial charge in [-0.2, -0.15) is 0 Å². The van der Waals surface area contributed by atoms with E-state index in [1.807, 2.05) is 46.8 Å². The summed E-state index contributed by atoms with van der Waals surface area (Å²) in [5.41, 5.74) is 2.88. The monoisotopic (exact) mass is 333 g/mol. The zero-order chi connectivity index (χ0) is 17.5. The summed E-state index contributed by atoms with van der Waals surface area (Å²) >= 11 is -1.36. The highest BCUT2D eigenvalue weighted by atomic mass is 32.2. The minimum Gasteiger partial charge on any atom is -0.591 e. The van der Waals surface area contributed by atoms with Crippen molar-refractivity contribution in [2.75, 3.05) is 0 Å². The first-order valence-corrected chi connectivity index (χ1v) is 8.58. The Hall–Kier alpha value is -1.66. The maximum Gasteiger partial charge on any atom is 0.261 e. The number of hydrogen-bond donors (Lipinski definition) is 0. The van der Waals surface area contributed by atoms with E-state index in [0.29, 0.717) is 22.4 Å². The highest BCUT2D eigenvalue weighted by Gasteiger charge is 2.27. The van der Waals surface area contributed by atoms with Gasteiger partial charge in [-0.15, -0.1) is 0 Å². The summed E-state index contributed by atoms with van der Waals surface area (Å²) in [5.74, 6) is 0.636. The molecule has 1 heterocycles. The molecular weight excluding hydrogens is 310 g/mol. The summed E-state index contributed by atoms with van der Waals surface area (Å²) in [6, 6.07) is 3.77. The molecule has 0 radical (unpaired) electrons. The number of benzene rings is 1. The summed E-state index contributed by atoms with van der Waals surface area (Å²) in [5, 5.41) is 0.559. The van der Waals surface area contributed by atoms with Crippen molar-refractivity contribution in [1.29, 1.82) is 0 Å². The van der Waals surface area contributed by atoms with Crippen LogP contribution in [0.15, 0.2) is 21.3 Å². The van der Waals surface area contributed by atoms with Gasteiger partial charge >= 0.3 is 0 Å². The van der Waals surface area contributed by atoms with Gasteiger partial charge in [0.1, 0.15) is 21.9 Å². The average molecular weight is 333 g/mol. The van der Waals surface area contributed by atoms with Crippen LogP contribution in [0.1, 0.15) is 44.6 Å². The molecule has 0 aliphatic heterocycles. The third-order valence-electron chi connectivity index (χ3n) is 3.68. The molecule has 0 spiro atoms. The lowest BCUT2D eigenvalue weighted by Gasteiger charge is -2.19. The predicted octanol–water partition coefficient (Wildman–Crippen LogP) is 2.82. The summed E-state index contributed by atoms with van der Waals surface area (Å²) in [6.07, 6.45) is 0. The normalized spacial score (nSPS) is 14.3. The van der Waals surface area contributed by atoms with Gasteiger partial charge in [0.05, 0.1) is 16.6 Å². The van der Waals surface area contributed by atoms with E-state index >= 15 is 0 Å². The standard InChI is InChI=1S/C17H23N3O2S/c1-10-8-13(11(2)19-23(22)17(4,5)6)15-14(9-10)16(21)20(7)12(3)18-15/h8-9H,1-7H3/t23-/m1/s1. The maximum atomic E-state index is 12.5. The lowest BCUT2D eigenvalue weighted by Crippen LogP contribution is -2.27. The van der Waals surface area contributed by atoms with Crippen molar-refractivity contribution in [1.82, 2.24) is 9.55 Å². The van der Waals surface area contributed by atoms with E-state index in [9.17, 15) is 9.35 Å². The van der Waals surface area contributed by atoms with Crippen LogP contribution in [0.2, 0.25) is 0 Å². The average Bonchev–Trinajstić information content (AvgIpc) is 2.44. The number of aryl methyl sites for hydroxylation is 2. The first-order valence-electron chi connectivity index (χ1n) is 7.48. The number of fused-ring (bicyclic) bond motifs is 1. The van der Waals surface area contributed by atoms with Crippen LogP contribution in [0, 0.1) is 13.8 Å². The molecule has 1 aromatic heterocycles. The minimum atomic E-state index is -1.36. The van der Waals surface area contributed by atoms with Crippen LogP contribution in [0.4, 0.5) is 0 Å². The van der Waals surface area contributed by atoms with E-state index in [4.69, 9.17) is 0 Å². The van der Waals surface area contributed by atoms with Gasteiger partial charge in [-0.25, -0.2) is 4.98 Å². The first kappa shape index (κ1) is 17.7. The Bertz CT molecular complexity index is 848. The molecule has 1 atom stereocenters. The van der Waals surface area contributed by atoms with E-state index in [1.54, 1.807) is 14.0 Å². The largest absolute Gasteiger partial charge is 0.591 e. The lowest BCUT2D eigenvalue weighted by molar-refractivity contribution is 0.561. The van der Waals surface area contributed by atoms with Crippen LogP contribution in [0.3, 0.4) is 0 Å². The van der Waals surface area contributed by atoms with Crippen LogP contribution >= 0.6 is 0 Å². The fraction of sp³-hybridized carbons (Fsp3) is 0.471. The molecule has 0 unspecified atom stereocenters. The fourth-order valence-corrected chi connectivity index (χ4v) is 2.83. The quantitative estimate of drug-likeness (QED) is 0.627. The van der Waals surface area contributed by atoms with Gasteiger partial charge in [-0.05, 0) is 59.2 Å². The highest BCUT2D eigenvalue weighted by molar-refractivity contribution is 7.91. The molecule has 0 fully saturated rings. The molecule has 0 bridgehead atoms. The molecule has 0 aliphatic rings. The molecule has 5 nitrogen and oxygen atoms in total. The van der Waals surface area contributed by atoms with E-state index in [1.165, 1.54) is 4.57 Å². The van der Waals surface area contributed by atoms with Gasteiger partial charge < -0.3 is 4.55 Å². The molecule has 6 heteroatoms. The van der Waals surface area contributed by atoms with Gasteiger partial charge in [0, 0.05) is 12.6 Å². The van der Waals surface area contributed by atoms with Crippen LogP contribution in [-0.2, 0) is 18.4 Å². The number of aromatic nitrogens is 2. The molecule has 2 rings (SSSR count). The summed E-state index contributed by atoms with van der Waals surface area (Å²) in [4.78, 5) is 17.0. The second-order valence-electron chi connectivity index (χ2n) is 6.77. The molecule has 124 valence electrons. The number of nitrogens with zero attached hydrogens (tertiary/aromatic N) is 3. The van der Waals surface area contributed by atoms with Crippen molar-refractivity contribution in [3.05, 3.63) is 39.4 Å². The Morgan fingerprint density at radius 3 is 2.48 bits per heavy atom. The van der Waals surface area contributed by atoms with E-state index in [2.05, 4.69) is 9.38 Å². The Labute approximate surface area is 139 Å². The van der Waals surface area contributed by atoms with Crippen molar-refractivity contribution in [3.8, 4) is 0 Å². The Kier molecular flexibility index (Phi) is 4.69. The van der Waals surface area contributed by atoms with Crippen molar-refractivity contribution in [2.45, 2.75) is 46.3 Å². The first-order chi connectivity index (χ1) is 10.5. The third-order valence-corrected chi connectivity index (χ3v) is 5.17. The number of hydrogen-bond acceptors (Lipinski definition) is 4. The molecule has 2 aromatic rings. The van der Waals surface area contributed by atoms with Gasteiger partial charge in [0.2, 0.25) is 0 Å². The van der Waals surface area contributed by atoms with E-state index in [0.717, 1.165) is 11.1 Å². The zero-order valence-electron chi connectivity index (χ0n) is 14.7. The predicted molar refractivity (Wildman–Crippen MR) is 96.6 cm³/mol. The fourth-order valence-electron chi connectivity index (χ4n) is 2.21. The SMILES string of the molecule is CC(=N[S@+]([O-])C(C)(C)C)c1cc(C)cc2c(=O)n(C)c(C)nc12. The van der Waals surface area contributed by atoms with Crippen molar-refractivity contribution < 1.29 is 4.55 Å². The third kappa shape index (κ3) is 3.48.